The molecule has 0 N–H and O–H groups in total. The largest absolute Gasteiger partial charge is 0.385 e. The third kappa shape index (κ3) is 7.05. The number of methoxy groups -OCH3 is 2. The molecule has 0 heterocycles. The van der Waals surface area contributed by atoms with Crippen molar-refractivity contribution < 1.29 is 9.47 Å². The van der Waals surface area contributed by atoms with E-state index in [4.69, 9.17) is 9.47 Å². The first-order valence-corrected chi connectivity index (χ1v) is 7.22. The molecule has 0 amide bonds. The Hall–Kier alpha value is -0.0800. The van der Waals surface area contributed by atoms with Gasteiger partial charge in [-0.3, -0.25) is 0 Å². The second-order valence-corrected chi connectivity index (χ2v) is 5.10. The standard InChI is InChI=1S/C11H22O.C4H10O/c1-4-9(2)10-7-5-6-8-11(10)12-3;1-3-4-5-2/h9-11H,4-8H2,1-3H3;3-4H2,1-2H3. The molecule has 0 radical (unpaired) electrons. The van der Waals surface area contributed by atoms with Crippen LogP contribution in [0.1, 0.15) is 59.3 Å². The fourth-order valence-corrected chi connectivity index (χ4v) is 2.58. The predicted molar refractivity (Wildman–Crippen MR) is 74.4 cm³/mol. The van der Waals surface area contributed by atoms with E-state index >= 15 is 0 Å². The van der Waals surface area contributed by atoms with Gasteiger partial charge in [-0.2, -0.15) is 0 Å². The average Bonchev–Trinajstić information content (AvgIpc) is 2.39. The average molecular weight is 244 g/mol. The van der Waals surface area contributed by atoms with Crippen LogP contribution < -0.4 is 0 Å². The molecule has 2 heteroatoms. The molecule has 3 unspecified atom stereocenters. The molecule has 0 saturated heterocycles. The maximum atomic E-state index is 5.53. The van der Waals surface area contributed by atoms with Crippen molar-refractivity contribution in [1.82, 2.24) is 0 Å². The minimum absolute atomic E-state index is 0.550. The Balaban J connectivity index is 0.000000437. The molecule has 2 nitrogen and oxygen atoms in total. The van der Waals surface area contributed by atoms with Crippen molar-refractivity contribution in [2.45, 2.75) is 65.4 Å². The molecule has 17 heavy (non-hydrogen) atoms. The minimum atomic E-state index is 0.550. The summed E-state index contributed by atoms with van der Waals surface area (Å²) in [5.74, 6) is 1.67. The lowest BCUT2D eigenvalue weighted by atomic mass is 9.77. The smallest absolute Gasteiger partial charge is 0.0602 e. The van der Waals surface area contributed by atoms with Crippen molar-refractivity contribution in [3.05, 3.63) is 0 Å². The highest BCUT2D eigenvalue weighted by molar-refractivity contribution is 4.78. The minimum Gasteiger partial charge on any atom is -0.385 e. The quantitative estimate of drug-likeness (QED) is 0.718. The predicted octanol–water partition coefficient (Wildman–Crippen LogP) is 4.28. The second kappa shape index (κ2) is 11.0. The van der Waals surface area contributed by atoms with E-state index in [0.717, 1.165) is 24.9 Å². The molecule has 0 bridgehead atoms. The van der Waals surface area contributed by atoms with Crippen LogP contribution in [-0.4, -0.2) is 26.9 Å². The first-order valence-electron chi connectivity index (χ1n) is 7.22. The number of hydrogen-bond acceptors (Lipinski definition) is 2. The van der Waals surface area contributed by atoms with Gasteiger partial charge in [0.15, 0.2) is 0 Å². The molecule has 0 aliphatic heterocycles. The fourth-order valence-electron chi connectivity index (χ4n) is 2.58. The molecule has 0 spiro atoms. The van der Waals surface area contributed by atoms with Crippen molar-refractivity contribution in [2.75, 3.05) is 20.8 Å². The van der Waals surface area contributed by atoms with E-state index < -0.39 is 0 Å². The zero-order chi connectivity index (χ0) is 13.1. The summed E-state index contributed by atoms with van der Waals surface area (Å²) in [4.78, 5) is 0. The van der Waals surface area contributed by atoms with E-state index in [1.165, 1.54) is 32.1 Å². The van der Waals surface area contributed by atoms with Crippen LogP contribution in [0.2, 0.25) is 0 Å². The zero-order valence-electron chi connectivity index (χ0n) is 12.5. The summed E-state index contributed by atoms with van der Waals surface area (Å²) >= 11 is 0. The van der Waals surface area contributed by atoms with Gasteiger partial charge in [-0.1, -0.05) is 40.0 Å². The third-order valence-electron chi connectivity index (χ3n) is 3.84. The van der Waals surface area contributed by atoms with Gasteiger partial charge in [0.1, 0.15) is 0 Å². The monoisotopic (exact) mass is 244 g/mol. The van der Waals surface area contributed by atoms with E-state index in [-0.39, 0.29) is 0 Å². The van der Waals surface area contributed by atoms with E-state index in [0.29, 0.717) is 6.10 Å². The number of rotatable bonds is 5. The van der Waals surface area contributed by atoms with Crippen molar-refractivity contribution in [3.8, 4) is 0 Å². The van der Waals surface area contributed by atoms with E-state index in [1.807, 2.05) is 7.11 Å². The molecule has 104 valence electrons. The summed E-state index contributed by atoms with van der Waals surface area (Å²) in [7, 11) is 3.58. The topological polar surface area (TPSA) is 18.5 Å². The Morgan fingerprint density at radius 3 is 2.18 bits per heavy atom. The lowest BCUT2D eigenvalue weighted by Gasteiger charge is -2.34. The molecular weight excluding hydrogens is 212 g/mol. The SMILES string of the molecule is CCC(C)C1CCCCC1OC.CCCOC. The summed E-state index contributed by atoms with van der Waals surface area (Å²) in [6.07, 6.45) is 8.41. The lowest BCUT2D eigenvalue weighted by Crippen LogP contribution is -2.31. The maximum Gasteiger partial charge on any atom is 0.0602 e. The van der Waals surface area contributed by atoms with Gasteiger partial charge in [0.2, 0.25) is 0 Å². The molecule has 3 atom stereocenters. The van der Waals surface area contributed by atoms with Crippen LogP contribution in [0.5, 0.6) is 0 Å². The second-order valence-electron chi connectivity index (χ2n) is 5.10. The van der Waals surface area contributed by atoms with Gasteiger partial charge in [-0.25, -0.2) is 0 Å². The van der Waals surface area contributed by atoms with Crippen LogP contribution in [0.3, 0.4) is 0 Å². The van der Waals surface area contributed by atoms with Crippen LogP contribution in [0.15, 0.2) is 0 Å². The summed E-state index contributed by atoms with van der Waals surface area (Å²) in [6.45, 7) is 7.62. The number of ether oxygens (including phenoxy) is 2. The van der Waals surface area contributed by atoms with Crippen molar-refractivity contribution in [1.29, 1.82) is 0 Å². The molecule has 0 aromatic heterocycles. The summed E-state index contributed by atoms with van der Waals surface area (Å²) < 4.78 is 10.2. The molecule has 0 aromatic rings. The molecule has 1 rings (SSSR count). The molecule has 1 saturated carbocycles. The maximum absolute atomic E-state index is 5.53. The van der Waals surface area contributed by atoms with Gasteiger partial charge in [0.05, 0.1) is 6.10 Å². The van der Waals surface area contributed by atoms with Crippen LogP contribution in [0, 0.1) is 11.8 Å². The van der Waals surface area contributed by atoms with Crippen LogP contribution in [0.4, 0.5) is 0 Å². The van der Waals surface area contributed by atoms with Crippen LogP contribution in [-0.2, 0) is 9.47 Å². The summed E-state index contributed by atoms with van der Waals surface area (Å²) in [5.41, 5.74) is 0. The van der Waals surface area contributed by atoms with Crippen molar-refractivity contribution in [2.24, 2.45) is 11.8 Å². The normalized spacial score (nSPS) is 25.9. The lowest BCUT2D eigenvalue weighted by molar-refractivity contribution is 0.00130. The molecule has 1 fully saturated rings. The van der Waals surface area contributed by atoms with Gasteiger partial charge >= 0.3 is 0 Å². The highest BCUT2D eigenvalue weighted by Gasteiger charge is 2.28. The molecule has 1 aliphatic rings. The third-order valence-corrected chi connectivity index (χ3v) is 3.84. The van der Waals surface area contributed by atoms with E-state index in [2.05, 4.69) is 20.8 Å². The Kier molecular flexibility index (Phi) is 11.0. The van der Waals surface area contributed by atoms with Crippen LogP contribution >= 0.6 is 0 Å². The molecule has 0 aromatic carbocycles. The van der Waals surface area contributed by atoms with Gasteiger partial charge in [-0.05, 0) is 31.1 Å². The van der Waals surface area contributed by atoms with Gasteiger partial charge in [0, 0.05) is 20.8 Å². The number of hydrogen-bond donors (Lipinski definition) is 0. The first-order chi connectivity index (χ1) is 8.21. The fraction of sp³-hybridized carbons (Fsp3) is 1.00. The Morgan fingerprint density at radius 2 is 1.76 bits per heavy atom. The van der Waals surface area contributed by atoms with Crippen LogP contribution in [0.25, 0.3) is 0 Å². The summed E-state index contributed by atoms with van der Waals surface area (Å²) in [5, 5.41) is 0. The van der Waals surface area contributed by atoms with Crippen molar-refractivity contribution >= 4 is 0 Å². The first kappa shape index (κ1) is 16.9. The summed E-state index contributed by atoms with van der Waals surface area (Å²) in [6, 6.07) is 0. The Labute approximate surface area is 108 Å². The van der Waals surface area contributed by atoms with Gasteiger partial charge in [0.25, 0.3) is 0 Å². The Bertz CT molecular complexity index is 157. The Morgan fingerprint density at radius 1 is 1.12 bits per heavy atom. The van der Waals surface area contributed by atoms with Gasteiger partial charge in [-0.15, -0.1) is 0 Å². The highest BCUT2D eigenvalue weighted by Crippen LogP contribution is 2.33. The highest BCUT2D eigenvalue weighted by atomic mass is 16.5. The van der Waals surface area contributed by atoms with E-state index in [1.54, 1.807) is 7.11 Å². The zero-order valence-corrected chi connectivity index (χ0v) is 12.5. The molecular formula is C15H32O2. The molecule has 1 aliphatic carbocycles. The van der Waals surface area contributed by atoms with E-state index in [9.17, 15) is 0 Å². The van der Waals surface area contributed by atoms with Gasteiger partial charge < -0.3 is 9.47 Å². The van der Waals surface area contributed by atoms with Crippen molar-refractivity contribution in [3.63, 3.8) is 0 Å².